The molecule has 5 nitrogen and oxygen atoms in total. The number of nitrogens with two attached hydrogens (primary N) is 1. The zero-order valence-corrected chi connectivity index (χ0v) is 8.60. The second-order valence-electron chi connectivity index (χ2n) is 3.20. The van der Waals surface area contributed by atoms with E-state index in [0.717, 1.165) is 0 Å². The summed E-state index contributed by atoms with van der Waals surface area (Å²) >= 11 is 0. The van der Waals surface area contributed by atoms with E-state index in [1.165, 1.54) is 4.90 Å². The summed E-state index contributed by atoms with van der Waals surface area (Å²) in [6, 6.07) is 6.66. The van der Waals surface area contributed by atoms with Gasteiger partial charge in [0, 0.05) is 25.0 Å². The predicted molar refractivity (Wildman–Crippen MR) is 59.6 cm³/mol. The van der Waals surface area contributed by atoms with Gasteiger partial charge in [0.05, 0.1) is 6.61 Å². The highest BCUT2D eigenvalue weighted by Gasteiger charge is 2.07. The summed E-state index contributed by atoms with van der Waals surface area (Å²) in [5.74, 6) is 0. The van der Waals surface area contributed by atoms with Crippen LogP contribution in [0.2, 0.25) is 0 Å². The smallest absolute Gasteiger partial charge is 0.321 e. The molecule has 5 heteroatoms. The number of anilines is 2. The standard InChI is InChI=1S/C10H15N3O2/c1-13(5-6-14)10(15)12-9-4-2-3-8(11)7-9/h2-4,7,14H,5-6,11H2,1H3,(H,12,15). The van der Waals surface area contributed by atoms with E-state index in [-0.39, 0.29) is 12.6 Å². The number of nitrogens with zero attached hydrogens (tertiary/aromatic N) is 1. The average Bonchev–Trinajstić information content (AvgIpc) is 2.18. The molecule has 1 aromatic rings. The molecule has 82 valence electrons. The molecule has 0 bridgehead atoms. The minimum absolute atomic E-state index is 0.0547. The Morgan fingerprint density at radius 1 is 1.60 bits per heavy atom. The largest absolute Gasteiger partial charge is 0.399 e. The van der Waals surface area contributed by atoms with Gasteiger partial charge in [-0.3, -0.25) is 0 Å². The Morgan fingerprint density at radius 3 is 2.93 bits per heavy atom. The molecular formula is C10H15N3O2. The first-order valence-corrected chi connectivity index (χ1v) is 4.62. The monoisotopic (exact) mass is 209 g/mol. The van der Waals surface area contributed by atoms with Crippen molar-refractivity contribution in [1.82, 2.24) is 4.90 Å². The lowest BCUT2D eigenvalue weighted by atomic mass is 10.3. The number of amides is 2. The molecule has 1 aromatic carbocycles. The van der Waals surface area contributed by atoms with E-state index in [9.17, 15) is 4.79 Å². The van der Waals surface area contributed by atoms with Crippen LogP contribution >= 0.6 is 0 Å². The third kappa shape index (κ3) is 3.47. The zero-order valence-electron chi connectivity index (χ0n) is 8.60. The van der Waals surface area contributed by atoms with Crippen molar-refractivity contribution >= 4 is 17.4 Å². The number of nitrogen functional groups attached to an aromatic ring is 1. The quantitative estimate of drug-likeness (QED) is 0.642. The van der Waals surface area contributed by atoms with Crippen molar-refractivity contribution in [3.05, 3.63) is 24.3 Å². The van der Waals surface area contributed by atoms with Crippen LogP contribution in [0.1, 0.15) is 0 Å². The summed E-state index contributed by atoms with van der Waals surface area (Å²) in [5, 5.41) is 11.3. The van der Waals surface area contributed by atoms with Crippen molar-refractivity contribution in [2.75, 3.05) is 31.2 Å². The zero-order chi connectivity index (χ0) is 11.3. The summed E-state index contributed by atoms with van der Waals surface area (Å²) in [4.78, 5) is 12.9. The number of aliphatic hydroxyl groups is 1. The second-order valence-corrected chi connectivity index (χ2v) is 3.20. The highest BCUT2D eigenvalue weighted by Crippen LogP contribution is 2.11. The number of carbonyl (C=O) groups excluding carboxylic acids is 1. The predicted octanol–water partition coefficient (Wildman–Crippen LogP) is 0.725. The molecule has 0 atom stereocenters. The molecule has 15 heavy (non-hydrogen) atoms. The molecule has 0 unspecified atom stereocenters. The van der Waals surface area contributed by atoms with Crippen LogP contribution in [0.3, 0.4) is 0 Å². The molecule has 2 amide bonds. The van der Waals surface area contributed by atoms with Gasteiger partial charge in [-0.05, 0) is 18.2 Å². The Kier molecular flexibility index (Phi) is 3.93. The van der Waals surface area contributed by atoms with E-state index in [1.54, 1.807) is 31.3 Å². The Hall–Kier alpha value is -1.75. The van der Waals surface area contributed by atoms with Crippen LogP contribution in [0.5, 0.6) is 0 Å². The molecule has 0 heterocycles. The Bertz CT molecular complexity index is 341. The lowest BCUT2D eigenvalue weighted by molar-refractivity contribution is 0.202. The number of carbonyl (C=O) groups is 1. The van der Waals surface area contributed by atoms with Gasteiger partial charge < -0.3 is 21.1 Å². The van der Waals surface area contributed by atoms with Crippen LogP contribution in [-0.2, 0) is 0 Å². The van der Waals surface area contributed by atoms with Gasteiger partial charge in [0.25, 0.3) is 0 Å². The molecule has 0 fully saturated rings. The SMILES string of the molecule is CN(CCO)C(=O)Nc1cccc(N)c1. The number of benzene rings is 1. The number of hydrogen-bond donors (Lipinski definition) is 3. The van der Waals surface area contributed by atoms with E-state index < -0.39 is 0 Å². The van der Waals surface area contributed by atoms with Crippen LogP contribution in [0, 0.1) is 0 Å². The number of nitrogens with one attached hydrogen (secondary N) is 1. The first-order chi connectivity index (χ1) is 7.13. The van der Waals surface area contributed by atoms with Gasteiger partial charge in [0.15, 0.2) is 0 Å². The van der Waals surface area contributed by atoms with E-state index in [0.29, 0.717) is 17.9 Å². The van der Waals surface area contributed by atoms with Crippen LogP contribution < -0.4 is 11.1 Å². The summed E-state index contributed by atoms with van der Waals surface area (Å²) < 4.78 is 0. The van der Waals surface area contributed by atoms with Gasteiger partial charge in [-0.25, -0.2) is 4.79 Å². The third-order valence-corrected chi connectivity index (χ3v) is 1.92. The lowest BCUT2D eigenvalue weighted by Gasteiger charge is -2.16. The van der Waals surface area contributed by atoms with Gasteiger partial charge in [-0.15, -0.1) is 0 Å². The van der Waals surface area contributed by atoms with Crippen molar-refractivity contribution in [3.63, 3.8) is 0 Å². The van der Waals surface area contributed by atoms with Crippen LogP contribution in [0.25, 0.3) is 0 Å². The van der Waals surface area contributed by atoms with E-state index in [1.807, 2.05) is 0 Å². The van der Waals surface area contributed by atoms with E-state index in [4.69, 9.17) is 10.8 Å². The van der Waals surface area contributed by atoms with Crippen LogP contribution in [0.4, 0.5) is 16.2 Å². The topological polar surface area (TPSA) is 78.6 Å². The molecule has 0 spiro atoms. The van der Waals surface area contributed by atoms with Crippen molar-refractivity contribution < 1.29 is 9.90 Å². The summed E-state index contributed by atoms with van der Waals surface area (Å²) in [6.07, 6.45) is 0. The van der Waals surface area contributed by atoms with Crippen molar-refractivity contribution in [3.8, 4) is 0 Å². The first kappa shape index (κ1) is 11.3. The lowest BCUT2D eigenvalue weighted by Crippen LogP contribution is -2.33. The van der Waals surface area contributed by atoms with Gasteiger partial charge in [-0.1, -0.05) is 6.07 Å². The summed E-state index contributed by atoms with van der Waals surface area (Å²) in [6.45, 7) is 0.245. The molecule has 0 aliphatic rings. The maximum Gasteiger partial charge on any atom is 0.321 e. The van der Waals surface area contributed by atoms with Crippen molar-refractivity contribution in [2.45, 2.75) is 0 Å². The van der Waals surface area contributed by atoms with Crippen LogP contribution in [-0.4, -0.2) is 36.2 Å². The number of hydrogen-bond acceptors (Lipinski definition) is 3. The third-order valence-electron chi connectivity index (χ3n) is 1.92. The molecule has 0 aliphatic heterocycles. The first-order valence-electron chi connectivity index (χ1n) is 4.62. The molecule has 0 saturated carbocycles. The number of aliphatic hydroxyl groups excluding tert-OH is 1. The highest BCUT2D eigenvalue weighted by atomic mass is 16.3. The molecule has 0 aliphatic carbocycles. The van der Waals surface area contributed by atoms with Gasteiger partial charge >= 0.3 is 6.03 Å². The minimum Gasteiger partial charge on any atom is -0.399 e. The number of likely N-dealkylation sites (N-methyl/N-ethyl adjacent to an activating group) is 1. The normalized spacial score (nSPS) is 9.73. The van der Waals surface area contributed by atoms with Gasteiger partial charge in [-0.2, -0.15) is 0 Å². The summed E-state index contributed by atoms with van der Waals surface area (Å²) in [5.41, 5.74) is 6.80. The summed E-state index contributed by atoms with van der Waals surface area (Å²) in [7, 11) is 1.61. The maximum absolute atomic E-state index is 11.5. The van der Waals surface area contributed by atoms with E-state index in [2.05, 4.69) is 5.32 Å². The van der Waals surface area contributed by atoms with E-state index >= 15 is 0 Å². The fraction of sp³-hybridized carbons (Fsp3) is 0.300. The average molecular weight is 209 g/mol. The Balaban J connectivity index is 2.58. The molecule has 1 rings (SSSR count). The molecule has 4 N–H and O–H groups in total. The Morgan fingerprint density at radius 2 is 2.33 bits per heavy atom. The molecule has 0 radical (unpaired) electrons. The van der Waals surface area contributed by atoms with Gasteiger partial charge in [0.1, 0.15) is 0 Å². The molecular weight excluding hydrogens is 194 g/mol. The van der Waals surface area contributed by atoms with Gasteiger partial charge in [0.2, 0.25) is 0 Å². The van der Waals surface area contributed by atoms with Crippen molar-refractivity contribution in [2.24, 2.45) is 0 Å². The number of rotatable bonds is 3. The molecule has 0 saturated heterocycles. The fourth-order valence-corrected chi connectivity index (χ4v) is 1.09. The highest BCUT2D eigenvalue weighted by molar-refractivity contribution is 5.89. The Labute approximate surface area is 88.5 Å². The minimum atomic E-state index is -0.269. The van der Waals surface area contributed by atoms with Crippen LogP contribution in [0.15, 0.2) is 24.3 Å². The number of urea groups is 1. The maximum atomic E-state index is 11.5. The van der Waals surface area contributed by atoms with Crippen molar-refractivity contribution in [1.29, 1.82) is 0 Å². The molecule has 0 aromatic heterocycles. The fourth-order valence-electron chi connectivity index (χ4n) is 1.09. The second kappa shape index (κ2) is 5.21.